The van der Waals surface area contributed by atoms with Crippen LogP contribution >= 0.6 is 0 Å². The molecule has 0 saturated carbocycles. The molecule has 0 bridgehead atoms. The van der Waals surface area contributed by atoms with E-state index < -0.39 is 0 Å². The van der Waals surface area contributed by atoms with Gasteiger partial charge in [0.1, 0.15) is 0 Å². The first-order valence-electron chi connectivity index (χ1n) is 22.9. The van der Waals surface area contributed by atoms with Crippen molar-refractivity contribution in [2.24, 2.45) is 0 Å². The van der Waals surface area contributed by atoms with E-state index in [2.05, 4.69) is 215 Å². The molecular weight excluding hydrogens is 825 g/mol. The van der Waals surface area contributed by atoms with Crippen LogP contribution in [0.25, 0.3) is 121 Å². The van der Waals surface area contributed by atoms with E-state index in [0.717, 1.165) is 88.4 Å². The predicted molar refractivity (Wildman–Crippen MR) is 281 cm³/mol. The predicted octanol–water partition coefficient (Wildman–Crippen LogP) is 16.6. The van der Waals surface area contributed by atoms with Crippen molar-refractivity contribution in [2.75, 3.05) is 0 Å². The lowest BCUT2D eigenvalue weighted by Crippen LogP contribution is -1.94. The minimum atomic E-state index is 0.637. The zero-order valence-electron chi connectivity index (χ0n) is 36.7. The molecule has 0 radical (unpaired) electrons. The van der Waals surface area contributed by atoms with Crippen LogP contribution in [0, 0.1) is 22.7 Å². The van der Waals surface area contributed by atoms with Crippen molar-refractivity contribution < 1.29 is 0 Å². The number of rotatable bonds is 6. The molecule has 68 heavy (non-hydrogen) atoms. The van der Waals surface area contributed by atoms with E-state index in [-0.39, 0.29) is 0 Å². The van der Waals surface area contributed by atoms with E-state index in [0.29, 0.717) is 11.1 Å². The molecule has 314 valence electrons. The number of nitrogens with zero attached hydrogens (tertiary/aromatic N) is 4. The third-order valence-corrected chi connectivity index (χ3v) is 13.7. The van der Waals surface area contributed by atoms with Gasteiger partial charge in [-0.05, 0) is 139 Å². The van der Waals surface area contributed by atoms with Crippen LogP contribution in [0.1, 0.15) is 11.1 Å². The maximum atomic E-state index is 9.89. The Morgan fingerprint density at radius 3 is 0.926 bits per heavy atom. The average molecular weight is 863 g/mol. The Labute approximate surface area is 392 Å². The number of fused-ring (bicyclic) bond motifs is 8. The van der Waals surface area contributed by atoms with Crippen LogP contribution in [-0.4, -0.2) is 9.13 Å². The molecule has 0 amide bonds. The van der Waals surface area contributed by atoms with Crippen LogP contribution in [0.2, 0.25) is 0 Å². The summed E-state index contributed by atoms with van der Waals surface area (Å²) < 4.78 is 4.57. The zero-order valence-corrected chi connectivity index (χ0v) is 36.7. The van der Waals surface area contributed by atoms with Crippen LogP contribution in [0.15, 0.2) is 231 Å². The molecule has 0 aliphatic carbocycles. The first-order chi connectivity index (χ1) is 33.6. The number of para-hydroxylation sites is 2. The molecule has 0 aliphatic heterocycles. The van der Waals surface area contributed by atoms with Crippen molar-refractivity contribution in [1.82, 2.24) is 9.13 Å². The molecule has 4 nitrogen and oxygen atoms in total. The Balaban J connectivity index is 1.05. The highest BCUT2D eigenvalue weighted by molar-refractivity contribution is 6.23. The summed E-state index contributed by atoms with van der Waals surface area (Å²) in [6.45, 7) is 0. The first-order valence-corrected chi connectivity index (χ1v) is 22.9. The fraction of sp³-hybridized carbons (Fsp3) is 0. The van der Waals surface area contributed by atoms with Gasteiger partial charge in [0.05, 0.1) is 45.3 Å². The van der Waals surface area contributed by atoms with E-state index in [9.17, 15) is 10.5 Å². The van der Waals surface area contributed by atoms with Gasteiger partial charge in [-0.15, -0.1) is 0 Å². The number of hydrogen-bond acceptors (Lipinski definition) is 2. The molecule has 4 heteroatoms. The second-order valence-corrected chi connectivity index (χ2v) is 17.5. The maximum Gasteiger partial charge on any atom is 0.0992 e. The fourth-order valence-electron chi connectivity index (χ4n) is 10.7. The van der Waals surface area contributed by atoms with Crippen molar-refractivity contribution >= 4 is 65.2 Å². The Morgan fingerprint density at radius 2 is 0.559 bits per heavy atom. The molecule has 11 aromatic carbocycles. The number of aromatic nitrogens is 2. The molecule has 0 aliphatic rings. The van der Waals surface area contributed by atoms with Gasteiger partial charge in [0, 0.05) is 32.9 Å². The fourth-order valence-corrected chi connectivity index (χ4v) is 10.7. The van der Waals surface area contributed by atoms with Gasteiger partial charge in [-0.1, -0.05) is 158 Å². The maximum absolute atomic E-state index is 9.89. The molecule has 2 heterocycles. The van der Waals surface area contributed by atoms with Gasteiger partial charge in [0.25, 0.3) is 0 Å². The summed E-state index contributed by atoms with van der Waals surface area (Å²) in [5.74, 6) is 0. The molecule has 0 N–H and O–H groups in total. The van der Waals surface area contributed by atoms with Crippen LogP contribution in [0.5, 0.6) is 0 Å². The summed E-state index contributed by atoms with van der Waals surface area (Å²) in [5, 5.41) is 29.0. The van der Waals surface area contributed by atoms with Gasteiger partial charge >= 0.3 is 0 Å². The monoisotopic (exact) mass is 862 g/mol. The summed E-state index contributed by atoms with van der Waals surface area (Å²) in [5.41, 5.74) is 16.8. The largest absolute Gasteiger partial charge is 0.309 e. The molecule has 0 atom stereocenters. The van der Waals surface area contributed by atoms with E-state index in [1.807, 2.05) is 36.4 Å². The van der Waals surface area contributed by atoms with Gasteiger partial charge in [-0.25, -0.2) is 0 Å². The normalized spacial score (nSPS) is 11.5. The van der Waals surface area contributed by atoms with Crippen molar-refractivity contribution in [1.29, 1.82) is 10.5 Å². The lowest BCUT2D eigenvalue weighted by Gasteiger charge is -2.20. The van der Waals surface area contributed by atoms with Gasteiger partial charge in [0.15, 0.2) is 0 Å². The molecule has 0 spiro atoms. The summed E-state index contributed by atoms with van der Waals surface area (Å²) >= 11 is 0. The van der Waals surface area contributed by atoms with Crippen molar-refractivity contribution in [3.05, 3.63) is 242 Å². The SMILES string of the molecule is N#Cc1ccc2c3ccc(-c4ccc5c(-c6ccccc6)c6cc(-c7ccc8c9ccc(C#N)cc9n(-c9ccccc9)c8c7)ccc6c(-c6ccccc6)c5c4)cc3n(-c3ccccc3)c2c1. The lowest BCUT2D eigenvalue weighted by molar-refractivity contribution is 1.18. The van der Waals surface area contributed by atoms with Gasteiger partial charge in [-0.2, -0.15) is 10.5 Å². The highest BCUT2D eigenvalue weighted by Crippen LogP contribution is 2.47. The van der Waals surface area contributed by atoms with Crippen LogP contribution < -0.4 is 0 Å². The minimum Gasteiger partial charge on any atom is -0.309 e. The van der Waals surface area contributed by atoms with E-state index in [1.165, 1.54) is 32.7 Å². The lowest BCUT2D eigenvalue weighted by atomic mass is 9.84. The van der Waals surface area contributed by atoms with Gasteiger partial charge in [0.2, 0.25) is 0 Å². The molecule has 13 aromatic rings. The van der Waals surface area contributed by atoms with Gasteiger partial charge in [-0.3, -0.25) is 0 Å². The quantitative estimate of drug-likeness (QED) is 0.156. The minimum absolute atomic E-state index is 0.637. The summed E-state index contributed by atoms with van der Waals surface area (Å²) in [4.78, 5) is 0. The van der Waals surface area contributed by atoms with Crippen molar-refractivity contribution in [3.63, 3.8) is 0 Å². The first kappa shape index (κ1) is 38.9. The molecule has 0 saturated heterocycles. The Hall–Kier alpha value is -9.48. The van der Waals surface area contributed by atoms with Crippen LogP contribution in [-0.2, 0) is 0 Å². The summed E-state index contributed by atoms with van der Waals surface area (Å²) in [6.07, 6.45) is 0. The average Bonchev–Trinajstić information content (AvgIpc) is 3.91. The molecule has 13 rings (SSSR count). The summed E-state index contributed by atoms with van der Waals surface area (Å²) in [7, 11) is 0. The number of nitriles is 2. The molecule has 2 aromatic heterocycles. The molecular formula is C64H38N4. The van der Waals surface area contributed by atoms with E-state index >= 15 is 0 Å². The highest BCUT2D eigenvalue weighted by atomic mass is 15.0. The van der Waals surface area contributed by atoms with Crippen molar-refractivity contribution in [2.45, 2.75) is 0 Å². The summed E-state index contributed by atoms with van der Waals surface area (Å²) in [6, 6.07) is 86.6. The van der Waals surface area contributed by atoms with Gasteiger partial charge < -0.3 is 9.13 Å². The second kappa shape index (κ2) is 15.6. The highest BCUT2D eigenvalue weighted by Gasteiger charge is 2.21. The number of hydrogen-bond donors (Lipinski definition) is 0. The Bertz CT molecular complexity index is 3970. The van der Waals surface area contributed by atoms with Crippen LogP contribution in [0.4, 0.5) is 0 Å². The Kier molecular flexibility index (Phi) is 8.93. The Morgan fingerprint density at radius 1 is 0.250 bits per heavy atom. The molecule has 0 fully saturated rings. The third kappa shape index (κ3) is 6.13. The van der Waals surface area contributed by atoms with E-state index in [4.69, 9.17) is 0 Å². The smallest absolute Gasteiger partial charge is 0.0992 e. The molecule has 0 unspecified atom stereocenters. The number of benzene rings is 11. The second-order valence-electron chi connectivity index (χ2n) is 17.5. The standard InChI is InChI=1S/C64H38N4/c65-39-41-21-27-51-53-29-23-47(37-61(53)67(59(51)33-41)49-17-9-3-10-18-49)45-26-32-56-57(35-45)63(43-13-5-1-6-14-43)55-31-25-46(36-58(55)64(56)44-15-7-2-8-16-44)48-24-30-54-52-28-22-42(40-66)34-60(52)68(62(54)38-48)50-19-11-4-12-20-50/h1-38H. The zero-order chi connectivity index (χ0) is 45.3. The van der Waals surface area contributed by atoms with Crippen LogP contribution in [0.3, 0.4) is 0 Å². The van der Waals surface area contributed by atoms with E-state index in [1.54, 1.807) is 0 Å². The third-order valence-electron chi connectivity index (χ3n) is 13.7. The van der Waals surface area contributed by atoms with Crippen molar-refractivity contribution in [3.8, 4) is 68.0 Å². The topological polar surface area (TPSA) is 57.4 Å².